The average Bonchev–Trinajstić information content (AvgIpc) is 2.37. The van der Waals surface area contributed by atoms with Gasteiger partial charge in [-0.1, -0.05) is 30.7 Å². The van der Waals surface area contributed by atoms with E-state index in [1.165, 1.54) is 16.7 Å². The predicted octanol–water partition coefficient (Wildman–Crippen LogP) is 3.04. The van der Waals surface area contributed by atoms with Crippen molar-refractivity contribution in [3.8, 4) is 0 Å². The normalized spacial score (nSPS) is 14.4. The Kier molecular flexibility index (Phi) is 5.40. The molecule has 4 nitrogen and oxygen atoms in total. The highest BCUT2D eigenvalue weighted by Crippen LogP contribution is 2.26. The number of ether oxygens (including phenoxy) is 1. The molecule has 1 amide bonds. The third-order valence-electron chi connectivity index (χ3n) is 3.52. The number of benzene rings is 1. The van der Waals surface area contributed by atoms with Crippen molar-refractivity contribution >= 4 is 6.09 Å². The van der Waals surface area contributed by atoms with E-state index < -0.39 is 11.7 Å². The fourth-order valence-corrected chi connectivity index (χ4v) is 2.24. The first kappa shape index (κ1) is 17.5. The van der Waals surface area contributed by atoms with Gasteiger partial charge in [-0.05, 0) is 45.7 Å². The summed E-state index contributed by atoms with van der Waals surface area (Å²) in [6.07, 6.45) is -0.410. The molecule has 21 heavy (non-hydrogen) atoms. The minimum Gasteiger partial charge on any atom is -0.444 e. The first-order valence-electron chi connectivity index (χ1n) is 7.32. The van der Waals surface area contributed by atoms with Crippen molar-refractivity contribution in [1.82, 2.24) is 5.32 Å². The maximum absolute atomic E-state index is 11.8. The monoisotopic (exact) mass is 292 g/mol. The molecule has 0 spiro atoms. The number of nitrogens with one attached hydrogen (secondary N) is 1. The molecule has 0 aliphatic rings. The summed E-state index contributed by atoms with van der Waals surface area (Å²) in [7, 11) is 0. The Morgan fingerprint density at radius 1 is 1.24 bits per heavy atom. The van der Waals surface area contributed by atoms with Gasteiger partial charge in [0.25, 0.3) is 0 Å². The van der Waals surface area contributed by atoms with Crippen LogP contribution in [0.3, 0.4) is 0 Å². The van der Waals surface area contributed by atoms with E-state index in [1.807, 2.05) is 20.8 Å². The van der Waals surface area contributed by atoms with Crippen LogP contribution in [-0.2, 0) is 10.2 Å². The summed E-state index contributed by atoms with van der Waals surface area (Å²) in [6.45, 7) is 12.6. The van der Waals surface area contributed by atoms with Gasteiger partial charge in [0.15, 0.2) is 0 Å². The van der Waals surface area contributed by atoms with Crippen LogP contribution in [0, 0.1) is 13.8 Å². The molecule has 1 aromatic rings. The van der Waals surface area contributed by atoms with Crippen LogP contribution < -0.4 is 11.1 Å². The van der Waals surface area contributed by atoms with E-state index in [2.05, 4.69) is 44.3 Å². The zero-order valence-corrected chi connectivity index (χ0v) is 14.0. The van der Waals surface area contributed by atoms with Crippen LogP contribution >= 0.6 is 0 Å². The quantitative estimate of drug-likeness (QED) is 0.896. The molecule has 0 bridgehead atoms. The molecule has 1 aromatic carbocycles. The Morgan fingerprint density at radius 2 is 1.86 bits per heavy atom. The van der Waals surface area contributed by atoms with Gasteiger partial charge in [0, 0.05) is 18.5 Å². The van der Waals surface area contributed by atoms with E-state index in [9.17, 15) is 4.79 Å². The van der Waals surface area contributed by atoms with Crippen LogP contribution in [0.25, 0.3) is 0 Å². The van der Waals surface area contributed by atoms with Crippen molar-refractivity contribution in [2.45, 2.75) is 52.6 Å². The molecule has 1 unspecified atom stereocenters. The summed E-state index contributed by atoms with van der Waals surface area (Å²) in [5, 5.41) is 2.83. The van der Waals surface area contributed by atoms with Crippen LogP contribution in [0.5, 0.6) is 0 Å². The van der Waals surface area contributed by atoms with Gasteiger partial charge in [0.1, 0.15) is 5.60 Å². The number of rotatable bonds is 4. The predicted molar refractivity (Wildman–Crippen MR) is 86.6 cm³/mol. The summed E-state index contributed by atoms with van der Waals surface area (Å²) in [5.74, 6) is 0. The van der Waals surface area contributed by atoms with Gasteiger partial charge in [-0.15, -0.1) is 0 Å². The zero-order chi connectivity index (χ0) is 16.3. The summed E-state index contributed by atoms with van der Waals surface area (Å²) >= 11 is 0. The highest BCUT2D eigenvalue weighted by atomic mass is 16.6. The maximum Gasteiger partial charge on any atom is 0.407 e. The average molecular weight is 292 g/mol. The largest absolute Gasteiger partial charge is 0.444 e. The molecule has 0 fully saturated rings. The third-order valence-corrected chi connectivity index (χ3v) is 3.52. The molecule has 0 heterocycles. The summed E-state index contributed by atoms with van der Waals surface area (Å²) in [4.78, 5) is 11.8. The van der Waals surface area contributed by atoms with E-state index >= 15 is 0 Å². The lowest BCUT2D eigenvalue weighted by molar-refractivity contribution is 0.0516. The number of carbonyl (C=O) groups excluding carboxylic acids is 1. The Hall–Kier alpha value is -1.55. The second-order valence-corrected chi connectivity index (χ2v) is 6.94. The minimum absolute atomic E-state index is 0.312. The molecule has 1 rings (SSSR count). The fraction of sp³-hybridized carbons (Fsp3) is 0.588. The van der Waals surface area contributed by atoms with Gasteiger partial charge in [-0.2, -0.15) is 0 Å². The van der Waals surface area contributed by atoms with E-state index in [-0.39, 0.29) is 5.41 Å². The zero-order valence-electron chi connectivity index (χ0n) is 14.0. The second-order valence-electron chi connectivity index (χ2n) is 6.94. The number of nitrogens with two attached hydrogens (primary N) is 1. The van der Waals surface area contributed by atoms with E-state index in [4.69, 9.17) is 10.5 Å². The van der Waals surface area contributed by atoms with Gasteiger partial charge in [-0.25, -0.2) is 4.79 Å². The Balaban J connectivity index is 2.86. The van der Waals surface area contributed by atoms with Crippen molar-refractivity contribution in [3.63, 3.8) is 0 Å². The van der Waals surface area contributed by atoms with Crippen molar-refractivity contribution in [2.24, 2.45) is 5.73 Å². The maximum atomic E-state index is 11.8. The van der Waals surface area contributed by atoms with Gasteiger partial charge < -0.3 is 15.8 Å². The van der Waals surface area contributed by atoms with Crippen LogP contribution in [0.1, 0.15) is 44.4 Å². The number of aryl methyl sites for hydroxylation is 2. The lowest BCUT2D eigenvalue weighted by atomic mass is 9.79. The topological polar surface area (TPSA) is 64.3 Å². The third kappa shape index (κ3) is 5.05. The van der Waals surface area contributed by atoms with Crippen molar-refractivity contribution in [1.29, 1.82) is 0 Å². The summed E-state index contributed by atoms with van der Waals surface area (Å²) < 4.78 is 5.28. The molecular formula is C17H28N2O2. The Morgan fingerprint density at radius 3 is 2.38 bits per heavy atom. The molecule has 0 saturated carbocycles. The van der Waals surface area contributed by atoms with E-state index in [0.29, 0.717) is 13.1 Å². The molecule has 3 N–H and O–H groups in total. The van der Waals surface area contributed by atoms with Gasteiger partial charge in [0.05, 0.1) is 0 Å². The van der Waals surface area contributed by atoms with Crippen molar-refractivity contribution in [2.75, 3.05) is 13.1 Å². The number of alkyl carbamates (subject to hydrolysis) is 1. The van der Waals surface area contributed by atoms with E-state index in [0.717, 1.165) is 0 Å². The lowest BCUT2D eigenvalue weighted by Gasteiger charge is -2.31. The molecule has 0 saturated heterocycles. The number of hydrogen-bond donors (Lipinski definition) is 2. The summed E-state index contributed by atoms with van der Waals surface area (Å²) in [6, 6.07) is 6.31. The van der Waals surface area contributed by atoms with Crippen molar-refractivity contribution < 1.29 is 9.53 Å². The Labute approximate surface area is 128 Å². The SMILES string of the molecule is Cc1ccc(C)c(C(C)(CN)CNC(=O)OC(C)(C)C)c1. The number of amides is 1. The molecule has 0 aromatic heterocycles. The molecule has 0 aliphatic carbocycles. The smallest absolute Gasteiger partial charge is 0.407 e. The molecule has 0 aliphatic heterocycles. The molecule has 4 heteroatoms. The van der Waals surface area contributed by atoms with Crippen LogP contribution in [0.15, 0.2) is 18.2 Å². The summed E-state index contributed by atoms with van der Waals surface area (Å²) in [5.41, 5.74) is 8.70. The first-order chi connectivity index (χ1) is 9.57. The lowest BCUT2D eigenvalue weighted by Crippen LogP contribution is -2.45. The number of carbonyl (C=O) groups is 1. The van der Waals surface area contributed by atoms with Gasteiger partial charge >= 0.3 is 6.09 Å². The fourth-order valence-electron chi connectivity index (χ4n) is 2.24. The molecule has 1 atom stereocenters. The van der Waals surface area contributed by atoms with Gasteiger partial charge in [0.2, 0.25) is 0 Å². The highest BCUT2D eigenvalue weighted by Gasteiger charge is 2.28. The second kappa shape index (κ2) is 6.48. The van der Waals surface area contributed by atoms with Gasteiger partial charge in [-0.3, -0.25) is 0 Å². The minimum atomic E-state index is -0.498. The molecule has 118 valence electrons. The standard InChI is InChI=1S/C17H28N2O2/c1-12-7-8-13(2)14(9-12)17(6,10-18)11-19-15(20)21-16(3,4)5/h7-9H,10-11,18H2,1-6H3,(H,19,20). The van der Waals surface area contributed by atoms with Crippen molar-refractivity contribution in [3.05, 3.63) is 34.9 Å². The van der Waals surface area contributed by atoms with Crippen LogP contribution in [-0.4, -0.2) is 24.8 Å². The van der Waals surface area contributed by atoms with Crippen LogP contribution in [0.4, 0.5) is 4.79 Å². The highest BCUT2D eigenvalue weighted by molar-refractivity contribution is 5.67. The number of hydrogen-bond acceptors (Lipinski definition) is 3. The molecule has 0 radical (unpaired) electrons. The Bertz CT molecular complexity index is 506. The first-order valence-corrected chi connectivity index (χ1v) is 7.32. The van der Waals surface area contributed by atoms with E-state index in [1.54, 1.807) is 0 Å². The van der Waals surface area contributed by atoms with Crippen LogP contribution in [0.2, 0.25) is 0 Å². The molecular weight excluding hydrogens is 264 g/mol.